The minimum Gasteiger partial charge on any atom is -0.0928 e. The lowest BCUT2D eigenvalue weighted by atomic mass is 10.0. The molecule has 0 aliphatic heterocycles. The van der Waals surface area contributed by atoms with Gasteiger partial charge in [-0.15, -0.1) is 0 Å². The topological polar surface area (TPSA) is 0 Å². The van der Waals surface area contributed by atoms with Gasteiger partial charge in [-0.1, -0.05) is 172 Å². The number of hydrogen-bond acceptors (Lipinski definition) is 0. The van der Waals surface area contributed by atoms with E-state index in [-0.39, 0.29) is 3.74 Å². The molecule has 0 N–H and O–H groups in total. The molecular weight excluding hydrogens is 831 g/mol. The molecule has 146 valence electrons. The van der Waals surface area contributed by atoms with Gasteiger partial charge in [0.2, 0.25) is 0 Å². The summed E-state index contributed by atoms with van der Waals surface area (Å²) in [5.74, 6) is 0. The zero-order chi connectivity index (χ0) is 18.5. The number of alkyl halides is 8. The van der Waals surface area contributed by atoms with Crippen LogP contribution in [0, 0.1) is 0 Å². The van der Waals surface area contributed by atoms with Crippen molar-refractivity contribution in [3.8, 4) is 0 Å². The second kappa shape index (κ2) is 17.7. The van der Waals surface area contributed by atoms with Crippen LogP contribution >= 0.6 is 127 Å². The smallest absolute Gasteiger partial charge is 0.0833 e. The van der Waals surface area contributed by atoms with Crippen LogP contribution in [0.5, 0.6) is 0 Å². The van der Waals surface area contributed by atoms with Crippen LogP contribution in [-0.2, 0) is 0 Å². The van der Waals surface area contributed by atoms with Crippen molar-refractivity contribution in [1.82, 2.24) is 0 Å². The summed E-state index contributed by atoms with van der Waals surface area (Å²) in [5, 5.41) is 1.15. The molecule has 0 aromatic heterocycles. The molecule has 0 heterocycles. The first-order valence-corrected chi connectivity index (χ1v) is 15.9. The summed E-state index contributed by atoms with van der Waals surface area (Å²) >= 11 is 29.7. The van der Waals surface area contributed by atoms with Crippen LogP contribution in [0.15, 0.2) is 0 Å². The van der Waals surface area contributed by atoms with Gasteiger partial charge in [-0.25, -0.2) is 0 Å². The highest BCUT2D eigenvalue weighted by Gasteiger charge is 2.34. The van der Waals surface area contributed by atoms with E-state index in [2.05, 4.69) is 127 Å². The fraction of sp³-hybridized carbons (Fsp3) is 1.00. The number of rotatable bonds is 15. The van der Waals surface area contributed by atoms with Gasteiger partial charge >= 0.3 is 0 Å². The summed E-state index contributed by atoms with van der Waals surface area (Å²) in [5.41, 5.74) is 0. The standard InChI is InChI=1S/C16H26Br8/c17-10-8-6-4-2-1-3-5-7-9-11(18)12(19)13(20)14(21)15(22)16(23)24/h11-16H,1-10H2. The van der Waals surface area contributed by atoms with E-state index in [9.17, 15) is 0 Å². The monoisotopic (exact) mass is 850 g/mol. The molecule has 0 amide bonds. The lowest BCUT2D eigenvalue weighted by Crippen LogP contribution is -2.37. The van der Waals surface area contributed by atoms with Crippen LogP contribution < -0.4 is 0 Å². The molecule has 0 saturated carbocycles. The van der Waals surface area contributed by atoms with Crippen molar-refractivity contribution in [2.45, 2.75) is 85.7 Å². The third kappa shape index (κ3) is 13.1. The molecule has 0 aliphatic rings. The van der Waals surface area contributed by atoms with Crippen LogP contribution in [0.4, 0.5) is 0 Å². The molecule has 5 atom stereocenters. The van der Waals surface area contributed by atoms with E-state index in [4.69, 9.17) is 0 Å². The summed E-state index contributed by atoms with van der Waals surface area (Å²) in [4.78, 5) is 1.80. The Morgan fingerprint density at radius 3 is 1.33 bits per heavy atom. The number of hydrogen-bond donors (Lipinski definition) is 0. The quantitative estimate of drug-likeness (QED) is 0.114. The normalized spacial score (nSPS) is 18.4. The van der Waals surface area contributed by atoms with Crippen LogP contribution in [0.1, 0.15) is 57.8 Å². The molecule has 0 fully saturated rings. The molecular formula is C16H26Br8. The predicted octanol–water partition coefficient (Wildman–Crippen LogP) is 9.83. The highest BCUT2D eigenvalue weighted by molar-refractivity contribution is 9.25. The Morgan fingerprint density at radius 1 is 0.458 bits per heavy atom. The van der Waals surface area contributed by atoms with Crippen molar-refractivity contribution >= 4 is 127 Å². The van der Waals surface area contributed by atoms with Crippen LogP contribution in [0.3, 0.4) is 0 Å². The highest BCUT2D eigenvalue weighted by atomic mass is 79.9. The van der Waals surface area contributed by atoms with E-state index in [1.54, 1.807) is 0 Å². The van der Waals surface area contributed by atoms with Crippen LogP contribution in [0.25, 0.3) is 0 Å². The van der Waals surface area contributed by atoms with Gasteiger partial charge < -0.3 is 0 Å². The maximum atomic E-state index is 3.87. The minimum absolute atomic E-state index is 0.234. The lowest BCUT2D eigenvalue weighted by Gasteiger charge is -2.29. The molecule has 5 unspecified atom stereocenters. The van der Waals surface area contributed by atoms with Crippen molar-refractivity contribution in [3.63, 3.8) is 0 Å². The van der Waals surface area contributed by atoms with E-state index in [0.717, 1.165) is 5.33 Å². The summed E-state index contributed by atoms with van der Waals surface area (Å²) in [6, 6.07) is 0. The van der Waals surface area contributed by atoms with Crippen LogP contribution in [0.2, 0.25) is 0 Å². The Hall–Kier alpha value is 3.84. The summed E-state index contributed by atoms with van der Waals surface area (Å²) in [6.45, 7) is 0. The maximum Gasteiger partial charge on any atom is 0.0833 e. The van der Waals surface area contributed by atoms with Crippen molar-refractivity contribution in [2.24, 2.45) is 0 Å². The van der Waals surface area contributed by atoms with Gasteiger partial charge in [0, 0.05) is 24.6 Å². The molecule has 0 saturated heterocycles. The van der Waals surface area contributed by atoms with Crippen LogP contribution in [-0.4, -0.2) is 33.2 Å². The average molecular weight is 858 g/mol. The molecule has 24 heavy (non-hydrogen) atoms. The molecule has 0 radical (unpaired) electrons. The van der Waals surface area contributed by atoms with Gasteiger partial charge in [-0.05, 0) is 12.8 Å². The summed E-state index contributed by atoms with van der Waals surface area (Å²) in [7, 11) is 0. The maximum absolute atomic E-state index is 3.87. The molecule has 0 bridgehead atoms. The molecule has 0 nitrogen and oxygen atoms in total. The lowest BCUT2D eigenvalue weighted by molar-refractivity contribution is 0.557. The molecule has 0 aliphatic carbocycles. The van der Waals surface area contributed by atoms with E-state index < -0.39 is 0 Å². The third-order valence-corrected chi connectivity index (χ3v) is 15.4. The average Bonchev–Trinajstić information content (AvgIpc) is 2.57. The molecule has 0 spiro atoms. The zero-order valence-electron chi connectivity index (χ0n) is 13.6. The molecule has 0 aromatic carbocycles. The number of unbranched alkanes of at least 4 members (excludes halogenated alkanes) is 7. The molecule has 0 aromatic rings. The van der Waals surface area contributed by atoms with E-state index in [1.807, 2.05) is 0 Å². The summed E-state index contributed by atoms with van der Waals surface area (Å²) < 4.78 is 0.234. The van der Waals surface area contributed by atoms with Gasteiger partial charge in [0.15, 0.2) is 0 Å². The van der Waals surface area contributed by atoms with Crippen molar-refractivity contribution in [2.75, 3.05) is 5.33 Å². The fourth-order valence-corrected chi connectivity index (χ4v) is 8.35. The van der Waals surface area contributed by atoms with Crippen molar-refractivity contribution < 1.29 is 0 Å². The highest BCUT2D eigenvalue weighted by Crippen LogP contribution is 2.37. The second-order valence-corrected chi connectivity index (χ2v) is 15.3. The first-order valence-electron chi connectivity index (χ1n) is 8.37. The van der Waals surface area contributed by atoms with Gasteiger partial charge in [-0.2, -0.15) is 0 Å². The van der Waals surface area contributed by atoms with E-state index >= 15 is 0 Å². The predicted molar refractivity (Wildman–Crippen MR) is 141 cm³/mol. The van der Waals surface area contributed by atoms with E-state index in [1.165, 1.54) is 57.8 Å². The number of halogens is 8. The van der Waals surface area contributed by atoms with Gasteiger partial charge in [0.25, 0.3) is 0 Å². The second-order valence-electron chi connectivity index (χ2n) is 5.93. The Kier molecular flexibility index (Phi) is 20.5. The molecule has 0 rings (SSSR count). The molecule has 8 heteroatoms. The SMILES string of the molecule is BrCCCCCCCCCCC(Br)C(Br)C(Br)C(Br)C(Br)C(Br)Br. The van der Waals surface area contributed by atoms with Gasteiger partial charge in [0.1, 0.15) is 0 Å². The van der Waals surface area contributed by atoms with E-state index in [0.29, 0.717) is 24.1 Å². The summed E-state index contributed by atoms with van der Waals surface area (Å²) in [6.07, 6.45) is 12.1. The largest absolute Gasteiger partial charge is 0.0928 e. The third-order valence-electron chi connectivity index (χ3n) is 3.86. The fourth-order valence-electron chi connectivity index (χ4n) is 2.34. The van der Waals surface area contributed by atoms with Gasteiger partial charge in [0.05, 0.1) is 8.56 Å². The Morgan fingerprint density at radius 2 is 0.875 bits per heavy atom. The van der Waals surface area contributed by atoms with Crippen molar-refractivity contribution in [1.29, 1.82) is 0 Å². The van der Waals surface area contributed by atoms with Crippen molar-refractivity contribution in [3.05, 3.63) is 0 Å². The first-order chi connectivity index (χ1) is 11.3. The first kappa shape index (κ1) is 27.8. The minimum atomic E-state index is 0.234. The Bertz CT molecular complexity index is 289. The zero-order valence-corrected chi connectivity index (χ0v) is 26.2. The Balaban J connectivity index is 3.84. The Labute approximate surface area is 215 Å². The van der Waals surface area contributed by atoms with Gasteiger partial charge in [-0.3, -0.25) is 0 Å².